The lowest BCUT2D eigenvalue weighted by Gasteiger charge is -2.44. The second-order valence-electron chi connectivity index (χ2n) is 10.2. The molecule has 1 aliphatic carbocycles. The second kappa shape index (κ2) is 11.0. The molecule has 0 radical (unpaired) electrons. The van der Waals surface area contributed by atoms with Crippen LogP contribution >= 0.6 is 0 Å². The van der Waals surface area contributed by atoms with Crippen LogP contribution in [0.5, 0.6) is 0 Å². The predicted molar refractivity (Wildman–Crippen MR) is 136 cm³/mol. The maximum Gasteiger partial charge on any atom is 0.258 e. The minimum atomic E-state index is -1.88. The van der Waals surface area contributed by atoms with Gasteiger partial charge in [0.1, 0.15) is 0 Å². The number of halogens is 1. The van der Waals surface area contributed by atoms with Crippen LogP contribution in [0.2, 0.25) is 0 Å². The fourth-order valence-electron chi connectivity index (χ4n) is 5.49. The number of alkyl halides is 1. The van der Waals surface area contributed by atoms with Crippen LogP contribution in [0.1, 0.15) is 57.4 Å². The molecule has 4 rings (SSSR count). The summed E-state index contributed by atoms with van der Waals surface area (Å²) in [5, 5.41) is 3.11. The van der Waals surface area contributed by atoms with Crippen LogP contribution in [0.4, 0.5) is 10.3 Å². The Morgan fingerprint density at radius 3 is 2.63 bits per heavy atom. The number of aromatic nitrogens is 2. The van der Waals surface area contributed by atoms with E-state index >= 15 is 4.39 Å². The minimum absolute atomic E-state index is 0.121. The Bertz CT molecular complexity index is 991. The van der Waals surface area contributed by atoms with E-state index in [1.54, 1.807) is 13.3 Å². The van der Waals surface area contributed by atoms with Gasteiger partial charge in [0, 0.05) is 50.3 Å². The van der Waals surface area contributed by atoms with Crippen molar-refractivity contribution in [3.8, 4) is 11.3 Å². The molecule has 2 fully saturated rings. The van der Waals surface area contributed by atoms with E-state index in [1.807, 2.05) is 35.2 Å². The van der Waals surface area contributed by atoms with Crippen molar-refractivity contribution in [1.82, 2.24) is 15.3 Å². The summed E-state index contributed by atoms with van der Waals surface area (Å²) in [7, 11) is 1.67. The van der Waals surface area contributed by atoms with E-state index in [-0.39, 0.29) is 18.4 Å². The lowest BCUT2D eigenvalue weighted by Crippen LogP contribution is -2.60. The Hall–Kier alpha value is -2.58. The zero-order chi connectivity index (χ0) is 24.9. The lowest BCUT2D eigenvalue weighted by atomic mass is 9.72. The zero-order valence-corrected chi connectivity index (χ0v) is 20.9. The van der Waals surface area contributed by atoms with E-state index in [4.69, 9.17) is 15.5 Å². The molecule has 2 unspecified atom stereocenters. The first kappa shape index (κ1) is 25.5. The van der Waals surface area contributed by atoms with Crippen LogP contribution in [-0.2, 0) is 16.1 Å². The summed E-state index contributed by atoms with van der Waals surface area (Å²) in [4.78, 5) is 24.2. The molecule has 190 valence electrons. The van der Waals surface area contributed by atoms with E-state index in [2.05, 4.69) is 17.2 Å². The number of hydrogen-bond donors (Lipinski definition) is 2. The van der Waals surface area contributed by atoms with Crippen LogP contribution in [0.25, 0.3) is 11.3 Å². The zero-order valence-electron chi connectivity index (χ0n) is 20.9. The van der Waals surface area contributed by atoms with Gasteiger partial charge < -0.3 is 20.7 Å². The Balaban J connectivity index is 1.39. The summed E-state index contributed by atoms with van der Waals surface area (Å²) in [6, 6.07) is 9.92. The fraction of sp³-hybridized carbons (Fsp3) is 0.593. The number of benzene rings is 1. The molecule has 35 heavy (non-hydrogen) atoms. The van der Waals surface area contributed by atoms with Crippen molar-refractivity contribution in [3.63, 3.8) is 0 Å². The van der Waals surface area contributed by atoms with Gasteiger partial charge in [-0.2, -0.15) is 0 Å². The van der Waals surface area contributed by atoms with Crippen molar-refractivity contribution in [2.75, 3.05) is 31.6 Å². The van der Waals surface area contributed by atoms with Gasteiger partial charge in [-0.3, -0.25) is 4.79 Å². The SMILES string of the molecule is COCc1ccc(-c2ccnc(N3CCC(F)(C(=O)NC4(C)CCCCC4CCN)CC3)n2)cc1. The number of amides is 1. The van der Waals surface area contributed by atoms with Crippen molar-refractivity contribution in [2.24, 2.45) is 11.7 Å². The number of hydrogen-bond acceptors (Lipinski definition) is 6. The van der Waals surface area contributed by atoms with E-state index in [9.17, 15) is 4.79 Å². The van der Waals surface area contributed by atoms with Gasteiger partial charge >= 0.3 is 0 Å². The number of carbonyl (C=O) groups is 1. The van der Waals surface area contributed by atoms with Crippen molar-refractivity contribution >= 4 is 11.9 Å². The lowest BCUT2D eigenvalue weighted by molar-refractivity contribution is -0.137. The van der Waals surface area contributed by atoms with Gasteiger partial charge in [0.2, 0.25) is 5.95 Å². The topological polar surface area (TPSA) is 93.4 Å². The summed E-state index contributed by atoms with van der Waals surface area (Å²) in [5.41, 5.74) is 6.43. The van der Waals surface area contributed by atoms with Crippen LogP contribution in [0, 0.1) is 5.92 Å². The number of nitrogens with two attached hydrogens (primary N) is 1. The van der Waals surface area contributed by atoms with Crippen LogP contribution < -0.4 is 16.0 Å². The molecule has 1 aliphatic heterocycles. The molecule has 7 nitrogen and oxygen atoms in total. The third-order valence-corrected chi connectivity index (χ3v) is 7.76. The molecule has 2 aromatic rings. The Morgan fingerprint density at radius 1 is 1.20 bits per heavy atom. The quantitative estimate of drug-likeness (QED) is 0.589. The highest BCUT2D eigenvalue weighted by molar-refractivity contribution is 5.86. The van der Waals surface area contributed by atoms with Gasteiger partial charge in [0.05, 0.1) is 12.3 Å². The summed E-state index contributed by atoms with van der Waals surface area (Å²) >= 11 is 0. The highest BCUT2D eigenvalue weighted by Crippen LogP contribution is 2.37. The van der Waals surface area contributed by atoms with E-state index in [1.165, 1.54) is 0 Å². The van der Waals surface area contributed by atoms with E-state index < -0.39 is 11.6 Å². The summed E-state index contributed by atoms with van der Waals surface area (Å²) < 4.78 is 21.0. The molecule has 8 heteroatoms. The number of methoxy groups -OCH3 is 1. The number of piperidine rings is 1. The number of anilines is 1. The van der Waals surface area contributed by atoms with Crippen LogP contribution in [-0.4, -0.2) is 53.8 Å². The van der Waals surface area contributed by atoms with Crippen molar-refractivity contribution in [1.29, 1.82) is 0 Å². The number of nitrogens with zero attached hydrogens (tertiary/aromatic N) is 3. The molecule has 3 N–H and O–H groups in total. The summed E-state index contributed by atoms with van der Waals surface area (Å²) in [5.74, 6) is 0.385. The van der Waals surface area contributed by atoms with Crippen molar-refractivity contribution in [3.05, 3.63) is 42.1 Å². The van der Waals surface area contributed by atoms with Crippen LogP contribution in [0.15, 0.2) is 36.5 Å². The molecule has 1 aromatic carbocycles. The number of rotatable bonds is 8. The minimum Gasteiger partial charge on any atom is -0.380 e. The smallest absolute Gasteiger partial charge is 0.258 e. The third kappa shape index (κ3) is 5.81. The third-order valence-electron chi connectivity index (χ3n) is 7.76. The highest BCUT2D eigenvalue weighted by atomic mass is 19.1. The van der Waals surface area contributed by atoms with Crippen LogP contribution in [0.3, 0.4) is 0 Å². The molecule has 2 heterocycles. The summed E-state index contributed by atoms with van der Waals surface area (Å²) in [6.45, 7) is 3.99. The van der Waals surface area contributed by atoms with Gasteiger partial charge in [-0.15, -0.1) is 0 Å². The number of ether oxygens (including phenoxy) is 1. The van der Waals surface area contributed by atoms with Gasteiger partial charge in [0.15, 0.2) is 5.67 Å². The molecule has 1 amide bonds. The first-order valence-corrected chi connectivity index (χ1v) is 12.7. The molecule has 2 aliphatic rings. The molecule has 1 saturated carbocycles. The molecular weight excluding hydrogens is 445 g/mol. The predicted octanol–water partition coefficient (Wildman–Crippen LogP) is 4.01. The first-order valence-electron chi connectivity index (χ1n) is 12.7. The fourth-order valence-corrected chi connectivity index (χ4v) is 5.49. The highest BCUT2D eigenvalue weighted by Gasteiger charge is 2.46. The average molecular weight is 484 g/mol. The molecular formula is C27H38FN5O2. The standard InChI is InChI=1S/C27H38FN5O2/c1-26(12-4-3-5-22(26)10-15-29)32-24(34)27(28)13-17-33(18-14-27)25-30-16-11-23(31-25)21-8-6-20(7-9-21)19-35-2/h6-9,11,16,22H,3-5,10,12-15,17-19,29H2,1-2H3,(H,32,34). The summed E-state index contributed by atoms with van der Waals surface area (Å²) in [6.07, 6.45) is 6.92. The monoisotopic (exact) mass is 483 g/mol. The molecule has 1 saturated heterocycles. The van der Waals surface area contributed by atoms with Gasteiger partial charge in [-0.1, -0.05) is 37.1 Å². The first-order chi connectivity index (χ1) is 16.9. The Morgan fingerprint density at radius 2 is 1.94 bits per heavy atom. The molecule has 0 spiro atoms. The maximum atomic E-state index is 15.8. The van der Waals surface area contributed by atoms with E-state index in [0.717, 1.165) is 48.9 Å². The molecule has 0 bridgehead atoms. The van der Waals surface area contributed by atoms with Gasteiger partial charge in [-0.25, -0.2) is 14.4 Å². The molecule has 2 atom stereocenters. The molecule has 1 aromatic heterocycles. The van der Waals surface area contributed by atoms with E-state index in [0.29, 0.717) is 38.1 Å². The normalized spacial score (nSPS) is 24.2. The van der Waals surface area contributed by atoms with Gasteiger partial charge in [0.25, 0.3) is 5.91 Å². The van der Waals surface area contributed by atoms with Crippen molar-refractivity contribution < 1.29 is 13.9 Å². The number of carbonyl (C=O) groups excluding carboxylic acids is 1. The maximum absolute atomic E-state index is 15.8. The Kier molecular flexibility index (Phi) is 8.02. The largest absolute Gasteiger partial charge is 0.380 e. The van der Waals surface area contributed by atoms with Gasteiger partial charge in [-0.05, 0) is 50.3 Å². The van der Waals surface area contributed by atoms with Crippen molar-refractivity contribution in [2.45, 2.75) is 69.7 Å². The Labute approximate surface area is 207 Å². The second-order valence-corrected chi connectivity index (χ2v) is 10.2. The average Bonchev–Trinajstić information content (AvgIpc) is 2.87. The number of nitrogens with one attached hydrogen (secondary N) is 1.